The molecule has 138 valence electrons. The molecule has 7 heteroatoms. The van der Waals surface area contributed by atoms with Crippen LogP contribution >= 0.6 is 0 Å². The number of benzene rings is 1. The summed E-state index contributed by atoms with van der Waals surface area (Å²) in [5.74, 6) is -1.09. The fourth-order valence-electron chi connectivity index (χ4n) is 3.13. The lowest BCUT2D eigenvalue weighted by Crippen LogP contribution is -2.68. The number of amides is 1. The van der Waals surface area contributed by atoms with Crippen LogP contribution in [-0.4, -0.2) is 54.1 Å². The topological polar surface area (TPSA) is 86.3 Å². The van der Waals surface area contributed by atoms with Gasteiger partial charge in [0, 0.05) is 6.92 Å². The van der Waals surface area contributed by atoms with E-state index < -0.39 is 36.4 Å². The first-order chi connectivity index (χ1) is 11.9. The van der Waals surface area contributed by atoms with Crippen LogP contribution in [0, 0.1) is 0 Å². The zero-order valence-corrected chi connectivity index (χ0v) is 14.7. The molecule has 5 atom stereocenters. The van der Waals surface area contributed by atoms with E-state index in [2.05, 4.69) is 5.32 Å². The van der Waals surface area contributed by atoms with Crippen molar-refractivity contribution in [2.24, 2.45) is 0 Å². The molecule has 7 nitrogen and oxygen atoms in total. The van der Waals surface area contributed by atoms with Crippen molar-refractivity contribution >= 4 is 5.91 Å². The monoisotopic (exact) mass is 351 g/mol. The number of hydrogen-bond donors (Lipinski definition) is 2. The minimum absolute atomic E-state index is 0.272. The molecule has 2 N–H and O–H groups in total. The number of carbonyl (C=O) groups excluding carboxylic acids is 1. The first-order valence-corrected chi connectivity index (χ1v) is 8.44. The Bertz CT molecular complexity index is 592. The predicted molar refractivity (Wildman–Crippen MR) is 88.4 cm³/mol. The zero-order valence-electron chi connectivity index (χ0n) is 14.7. The number of carbonyl (C=O) groups is 1. The normalized spacial score (nSPS) is 34.2. The number of rotatable bonds is 4. The molecule has 2 aliphatic rings. The summed E-state index contributed by atoms with van der Waals surface area (Å²) in [6.07, 6.45) is -2.83. The Morgan fingerprint density at radius 2 is 2.08 bits per heavy atom. The van der Waals surface area contributed by atoms with Gasteiger partial charge in [-0.1, -0.05) is 30.3 Å². The summed E-state index contributed by atoms with van der Waals surface area (Å²) in [5.41, 5.74) is 0.974. The number of hydrogen-bond acceptors (Lipinski definition) is 6. The van der Waals surface area contributed by atoms with Crippen LogP contribution in [0.1, 0.15) is 26.3 Å². The van der Waals surface area contributed by atoms with E-state index in [-0.39, 0.29) is 12.5 Å². The van der Waals surface area contributed by atoms with Crippen molar-refractivity contribution in [2.75, 3.05) is 6.61 Å². The molecule has 0 spiro atoms. The Labute approximate surface area is 147 Å². The van der Waals surface area contributed by atoms with Crippen molar-refractivity contribution in [3.63, 3.8) is 0 Å². The fraction of sp³-hybridized carbons (Fsp3) is 0.611. The average molecular weight is 351 g/mol. The number of ether oxygens (including phenoxy) is 4. The highest BCUT2D eigenvalue weighted by atomic mass is 16.8. The summed E-state index contributed by atoms with van der Waals surface area (Å²) in [6, 6.07) is 8.91. The van der Waals surface area contributed by atoms with Gasteiger partial charge in [-0.3, -0.25) is 4.79 Å². The maximum atomic E-state index is 11.6. The van der Waals surface area contributed by atoms with E-state index in [9.17, 15) is 9.90 Å². The van der Waals surface area contributed by atoms with Crippen molar-refractivity contribution in [2.45, 2.75) is 63.8 Å². The Kier molecular flexibility index (Phi) is 5.41. The Hall–Kier alpha value is -1.51. The van der Waals surface area contributed by atoms with Gasteiger partial charge in [-0.15, -0.1) is 0 Å². The smallest absolute Gasteiger partial charge is 0.217 e. The lowest BCUT2D eigenvalue weighted by atomic mass is 9.95. The summed E-state index contributed by atoms with van der Waals surface area (Å²) in [4.78, 5) is 11.6. The van der Waals surface area contributed by atoms with Crippen molar-refractivity contribution in [3.8, 4) is 0 Å². The van der Waals surface area contributed by atoms with Gasteiger partial charge in [0.1, 0.15) is 24.4 Å². The molecule has 2 saturated heterocycles. The average Bonchev–Trinajstić information content (AvgIpc) is 2.57. The Morgan fingerprint density at radius 3 is 2.76 bits per heavy atom. The molecule has 2 heterocycles. The SMILES string of the molecule is CC(=O)N[C@@H]1[C@H](OCc2ccccc2)OC2COC(C)(C)O[C@H]2[C@@H]1O. The van der Waals surface area contributed by atoms with E-state index in [0.29, 0.717) is 6.61 Å². The maximum Gasteiger partial charge on any atom is 0.217 e. The molecule has 3 rings (SSSR count). The Balaban J connectivity index is 1.73. The van der Waals surface area contributed by atoms with Crippen LogP contribution < -0.4 is 5.32 Å². The van der Waals surface area contributed by atoms with Gasteiger partial charge in [0.15, 0.2) is 12.1 Å². The van der Waals surface area contributed by atoms with Gasteiger partial charge in [-0.05, 0) is 19.4 Å². The summed E-state index contributed by atoms with van der Waals surface area (Å²) < 4.78 is 23.2. The zero-order chi connectivity index (χ0) is 18.0. The van der Waals surface area contributed by atoms with Gasteiger partial charge in [-0.2, -0.15) is 0 Å². The molecule has 25 heavy (non-hydrogen) atoms. The number of nitrogens with one attached hydrogen (secondary N) is 1. The molecule has 0 aromatic heterocycles. The van der Waals surface area contributed by atoms with E-state index in [4.69, 9.17) is 18.9 Å². The van der Waals surface area contributed by atoms with Crippen LogP contribution in [0.4, 0.5) is 0 Å². The first-order valence-electron chi connectivity index (χ1n) is 8.44. The second-order valence-electron chi connectivity index (χ2n) is 6.85. The number of fused-ring (bicyclic) bond motifs is 1. The molecule has 1 unspecified atom stereocenters. The quantitative estimate of drug-likeness (QED) is 0.840. The van der Waals surface area contributed by atoms with Gasteiger partial charge >= 0.3 is 0 Å². The van der Waals surface area contributed by atoms with E-state index in [1.54, 1.807) is 13.8 Å². The second kappa shape index (κ2) is 7.39. The molecular weight excluding hydrogens is 326 g/mol. The Morgan fingerprint density at radius 1 is 1.36 bits per heavy atom. The third kappa shape index (κ3) is 4.37. The number of aliphatic hydroxyl groups is 1. The minimum atomic E-state index is -0.966. The fourth-order valence-corrected chi connectivity index (χ4v) is 3.13. The summed E-state index contributed by atoms with van der Waals surface area (Å²) in [5, 5.41) is 13.5. The van der Waals surface area contributed by atoms with Crippen LogP contribution in [0.5, 0.6) is 0 Å². The lowest BCUT2D eigenvalue weighted by molar-refractivity contribution is -0.369. The molecule has 1 amide bonds. The van der Waals surface area contributed by atoms with Crippen molar-refractivity contribution in [1.82, 2.24) is 5.32 Å². The van der Waals surface area contributed by atoms with Crippen molar-refractivity contribution in [3.05, 3.63) is 35.9 Å². The van der Waals surface area contributed by atoms with E-state index in [0.717, 1.165) is 5.56 Å². The summed E-state index contributed by atoms with van der Waals surface area (Å²) >= 11 is 0. The van der Waals surface area contributed by atoms with Crippen LogP contribution in [0.2, 0.25) is 0 Å². The minimum Gasteiger partial charge on any atom is -0.388 e. The summed E-state index contributed by atoms with van der Waals surface area (Å²) in [6.45, 7) is 5.54. The first kappa shape index (κ1) is 18.3. The van der Waals surface area contributed by atoms with Crippen molar-refractivity contribution in [1.29, 1.82) is 0 Å². The van der Waals surface area contributed by atoms with Gasteiger partial charge < -0.3 is 29.4 Å². The van der Waals surface area contributed by atoms with Crippen molar-refractivity contribution < 1.29 is 28.8 Å². The van der Waals surface area contributed by atoms with Gasteiger partial charge in [0.05, 0.1) is 13.2 Å². The predicted octanol–water partition coefficient (Wildman–Crippen LogP) is 0.945. The maximum absolute atomic E-state index is 11.6. The van der Waals surface area contributed by atoms with Crippen LogP contribution in [-0.2, 0) is 30.3 Å². The summed E-state index contributed by atoms with van der Waals surface area (Å²) in [7, 11) is 0. The largest absolute Gasteiger partial charge is 0.388 e. The van der Waals surface area contributed by atoms with E-state index in [1.807, 2.05) is 30.3 Å². The van der Waals surface area contributed by atoms with Crippen LogP contribution in [0.3, 0.4) is 0 Å². The highest BCUT2D eigenvalue weighted by molar-refractivity contribution is 5.73. The highest BCUT2D eigenvalue weighted by Gasteiger charge is 2.51. The van der Waals surface area contributed by atoms with Gasteiger partial charge in [0.25, 0.3) is 0 Å². The molecule has 0 saturated carbocycles. The molecule has 1 aromatic rings. The highest BCUT2D eigenvalue weighted by Crippen LogP contribution is 2.33. The molecule has 2 aliphatic heterocycles. The molecule has 0 aliphatic carbocycles. The molecule has 0 bridgehead atoms. The lowest BCUT2D eigenvalue weighted by Gasteiger charge is -2.49. The molecule has 0 radical (unpaired) electrons. The molecular formula is C18H25NO6. The second-order valence-corrected chi connectivity index (χ2v) is 6.85. The van der Waals surface area contributed by atoms with E-state index in [1.165, 1.54) is 6.92 Å². The third-order valence-electron chi connectivity index (χ3n) is 4.32. The van der Waals surface area contributed by atoms with Crippen LogP contribution in [0.15, 0.2) is 30.3 Å². The number of aliphatic hydroxyl groups excluding tert-OH is 1. The molecule has 1 aromatic carbocycles. The van der Waals surface area contributed by atoms with Crippen LogP contribution in [0.25, 0.3) is 0 Å². The van der Waals surface area contributed by atoms with Gasteiger partial charge in [0.2, 0.25) is 5.91 Å². The third-order valence-corrected chi connectivity index (χ3v) is 4.32. The van der Waals surface area contributed by atoms with E-state index >= 15 is 0 Å². The molecule has 2 fully saturated rings. The van der Waals surface area contributed by atoms with Gasteiger partial charge in [-0.25, -0.2) is 0 Å². The standard InChI is InChI=1S/C18H25NO6/c1-11(20)19-14-15(21)16-13(10-23-18(2,3)25-16)24-17(14)22-9-12-7-5-4-6-8-12/h4-8,13-17,21H,9-10H2,1-3H3,(H,19,20)/t13?,14-,15+,16+,17+/m0/s1.